The number of methoxy groups -OCH3 is 2. The smallest absolute Gasteiger partial charge is 0.161 e. The van der Waals surface area contributed by atoms with Crippen molar-refractivity contribution in [2.45, 2.75) is 30.8 Å². The van der Waals surface area contributed by atoms with Gasteiger partial charge in [-0.1, -0.05) is 6.07 Å². The number of aliphatic hydroxyl groups is 1. The van der Waals surface area contributed by atoms with Crippen LogP contribution < -0.4 is 9.47 Å². The van der Waals surface area contributed by atoms with Crippen LogP contribution in [0.1, 0.15) is 27.5 Å². The van der Waals surface area contributed by atoms with Crippen molar-refractivity contribution in [1.29, 1.82) is 0 Å². The fourth-order valence-electron chi connectivity index (χ4n) is 3.45. The number of aliphatic hydroxyl groups excluding tert-OH is 1. The minimum Gasteiger partial charge on any atom is -0.493 e. The molecule has 3 atom stereocenters. The molecule has 0 aromatic heterocycles. The van der Waals surface area contributed by atoms with Crippen molar-refractivity contribution in [2.24, 2.45) is 0 Å². The molecule has 1 fully saturated rings. The molecule has 0 saturated carbocycles. The molecule has 1 aromatic carbocycles. The Labute approximate surface area is 128 Å². The zero-order valence-corrected chi connectivity index (χ0v) is 12.7. The van der Waals surface area contributed by atoms with Gasteiger partial charge in [0, 0.05) is 26.1 Å². The highest BCUT2D eigenvalue weighted by atomic mass is 16.5. The van der Waals surface area contributed by atoms with Crippen molar-refractivity contribution in [3.8, 4) is 11.5 Å². The second kappa shape index (κ2) is 5.26. The Kier molecular flexibility index (Phi) is 2.99. The van der Waals surface area contributed by atoms with E-state index < -0.39 is 17.9 Å². The first-order valence-corrected chi connectivity index (χ1v) is 7.20. The number of hydrogen-bond acceptors (Lipinski definition) is 4. The molecule has 0 radical (unpaired) electrons. The van der Waals surface area contributed by atoms with E-state index in [2.05, 4.69) is 0 Å². The Bertz CT molecular complexity index is 649. The predicted octanol–water partition coefficient (Wildman–Crippen LogP) is 2.32. The van der Waals surface area contributed by atoms with Crippen LogP contribution in [0.4, 0.5) is 0 Å². The van der Waals surface area contributed by atoms with Gasteiger partial charge in [0.25, 0.3) is 0 Å². The fraction of sp³-hybridized carbons (Fsp3) is 0.529. The Morgan fingerprint density at radius 3 is 2.81 bits per heavy atom. The van der Waals surface area contributed by atoms with Gasteiger partial charge in [0.2, 0.25) is 0 Å². The van der Waals surface area contributed by atoms with E-state index in [1.165, 1.54) is 0 Å². The van der Waals surface area contributed by atoms with E-state index in [9.17, 15) is 5.11 Å². The lowest BCUT2D eigenvalue weighted by Crippen LogP contribution is -2.33. The standard InChI is InChI=1S/C17H23NO3/c1-18-9-8-17(7-6-13(19)11-16(17)18)12-4-5-14(20-2)15(10-12)21-3/h4-5,10-11,13,19H,6-9H2,1-3H3/t13-,17+/m1/s1/i6D,11D/t6?,13-,17+. The second-order valence-corrected chi connectivity index (χ2v) is 5.70. The molecule has 1 N–H and O–H groups in total. The molecule has 114 valence electrons. The van der Waals surface area contributed by atoms with E-state index in [4.69, 9.17) is 12.2 Å². The molecule has 1 aromatic rings. The minimum absolute atomic E-state index is 0.172. The van der Waals surface area contributed by atoms with Gasteiger partial charge in [0.15, 0.2) is 11.5 Å². The van der Waals surface area contributed by atoms with E-state index >= 15 is 0 Å². The lowest BCUT2D eigenvalue weighted by atomic mass is 9.70. The monoisotopic (exact) mass is 291 g/mol. The lowest BCUT2D eigenvalue weighted by Gasteiger charge is -2.37. The molecule has 3 rings (SSSR count). The summed E-state index contributed by atoms with van der Waals surface area (Å²) in [6.07, 6.45) is -0.366. The summed E-state index contributed by atoms with van der Waals surface area (Å²) in [6, 6.07) is 5.96. The number of benzene rings is 1. The number of nitrogens with zero attached hydrogens (tertiary/aromatic N) is 1. The van der Waals surface area contributed by atoms with Gasteiger partial charge in [-0.3, -0.25) is 0 Å². The molecule has 21 heavy (non-hydrogen) atoms. The second-order valence-electron chi connectivity index (χ2n) is 5.70. The minimum atomic E-state index is -1.01. The van der Waals surface area contributed by atoms with Crippen LogP contribution in [0.5, 0.6) is 11.5 Å². The van der Waals surface area contributed by atoms with Crippen molar-refractivity contribution in [2.75, 3.05) is 27.8 Å². The van der Waals surface area contributed by atoms with E-state index in [0.717, 1.165) is 24.2 Å². The van der Waals surface area contributed by atoms with Crippen LogP contribution in [0.15, 0.2) is 29.9 Å². The van der Waals surface area contributed by atoms with Crippen molar-refractivity contribution in [1.82, 2.24) is 4.90 Å². The Hall–Kier alpha value is -1.68. The Morgan fingerprint density at radius 1 is 1.33 bits per heavy atom. The van der Waals surface area contributed by atoms with Crippen LogP contribution in [-0.2, 0) is 5.41 Å². The summed E-state index contributed by atoms with van der Waals surface area (Å²) in [7, 11) is 5.15. The average molecular weight is 291 g/mol. The highest BCUT2D eigenvalue weighted by molar-refractivity contribution is 5.49. The van der Waals surface area contributed by atoms with E-state index in [0.29, 0.717) is 17.9 Å². The summed E-state index contributed by atoms with van der Waals surface area (Å²) in [6.45, 7) is 0.811. The molecule has 1 saturated heterocycles. The Morgan fingerprint density at radius 2 is 2.10 bits per heavy atom. The van der Waals surface area contributed by atoms with Gasteiger partial charge < -0.3 is 19.5 Å². The van der Waals surface area contributed by atoms with Crippen molar-refractivity contribution in [3.63, 3.8) is 0 Å². The first kappa shape index (κ1) is 11.9. The predicted molar refractivity (Wildman–Crippen MR) is 81.8 cm³/mol. The average Bonchev–Trinajstić information content (AvgIpc) is 2.89. The van der Waals surface area contributed by atoms with Crippen molar-refractivity contribution in [3.05, 3.63) is 35.5 Å². The molecule has 4 heteroatoms. The largest absolute Gasteiger partial charge is 0.493 e. The fourth-order valence-corrected chi connectivity index (χ4v) is 3.45. The van der Waals surface area contributed by atoms with E-state index in [-0.39, 0.29) is 6.05 Å². The number of hydrogen-bond donors (Lipinski definition) is 1. The van der Waals surface area contributed by atoms with Gasteiger partial charge in [-0.15, -0.1) is 0 Å². The Balaban J connectivity index is 2.17. The van der Waals surface area contributed by atoms with E-state index in [1.54, 1.807) is 14.2 Å². The molecule has 1 aliphatic carbocycles. The highest BCUT2D eigenvalue weighted by Gasteiger charge is 2.45. The van der Waals surface area contributed by atoms with Gasteiger partial charge in [-0.2, -0.15) is 0 Å². The first-order chi connectivity index (χ1) is 10.9. The third kappa shape index (κ3) is 2.18. The molecule has 0 amide bonds. The number of likely N-dealkylation sites (tertiary alicyclic amines) is 1. The number of ether oxygens (including phenoxy) is 2. The maximum atomic E-state index is 10.2. The summed E-state index contributed by atoms with van der Waals surface area (Å²) in [5.41, 5.74) is 1.45. The SMILES string of the molecule is [2H]C1=C2N(C)CC[C@]2(c2ccc(OC)c(OC)c2)CC([2H])[C@H]1O. The molecular weight excluding hydrogens is 266 g/mol. The third-order valence-electron chi connectivity index (χ3n) is 4.62. The number of allylic oxidation sites excluding steroid dienone is 1. The summed E-state index contributed by atoms with van der Waals surface area (Å²) >= 11 is 0. The van der Waals surface area contributed by atoms with E-state index in [1.807, 2.05) is 30.1 Å². The van der Waals surface area contributed by atoms with Crippen LogP contribution in [0, 0.1) is 0 Å². The van der Waals surface area contributed by atoms with Gasteiger partial charge in [-0.05, 0) is 43.0 Å². The molecule has 0 spiro atoms. The normalized spacial score (nSPS) is 33.4. The first-order valence-electron chi connectivity index (χ1n) is 8.27. The summed E-state index contributed by atoms with van der Waals surface area (Å²) in [5.74, 6) is 1.31. The summed E-state index contributed by atoms with van der Waals surface area (Å²) in [4.78, 5) is 2.04. The highest BCUT2D eigenvalue weighted by Crippen LogP contribution is 2.50. The van der Waals surface area contributed by atoms with Gasteiger partial charge in [-0.25, -0.2) is 0 Å². The van der Waals surface area contributed by atoms with Gasteiger partial charge >= 0.3 is 0 Å². The number of likely N-dealkylation sites (N-methyl/N-ethyl adjacent to an activating group) is 1. The third-order valence-corrected chi connectivity index (χ3v) is 4.62. The molecule has 2 aliphatic rings. The summed E-state index contributed by atoms with van der Waals surface area (Å²) < 4.78 is 27.3. The molecule has 1 aliphatic heterocycles. The van der Waals surface area contributed by atoms with Crippen LogP contribution in [-0.4, -0.2) is 43.9 Å². The van der Waals surface area contributed by atoms with Crippen LogP contribution in [0.2, 0.25) is 0 Å². The van der Waals surface area contributed by atoms with Gasteiger partial charge in [0.05, 0.1) is 21.7 Å². The van der Waals surface area contributed by atoms with Crippen molar-refractivity contribution >= 4 is 0 Å². The zero-order chi connectivity index (χ0) is 16.8. The summed E-state index contributed by atoms with van der Waals surface area (Å²) in [5, 5.41) is 10.2. The quantitative estimate of drug-likeness (QED) is 0.928. The van der Waals surface area contributed by atoms with Crippen LogP contribution in [0.25, 0.3) is 0 Å². The van der Waals surface area contributed by atoms with Gasteiger partial charge in [0.1, 0.15) is 0 Å². The van der Waals surface area contributed by atoms with Crippen LogP contribution >= 0.6 is 0 Å². The zero-order valence-electron chi connectivity index (χ0n) is 14.7. The molecule has 1 unspecified atom stereocenters. The van der Waals surface area contributed by atoms with Crippen molar-refractivity contribution < 1.29 is 17.3 Å². The maximum absolute atomic E-state index is 10.2. The molecular formula is C17H23NO3. The number of rotatable bonds is 3. The van der Waals surface area contributed by atoms with Crippen LogP contribution in [0.3, 0.4) is 0 Å². The topological polar surface area (TPSA) is 41.9 Å². The lowest BCUT2D eigenvalue weighted by molar-refractivity contribution is 0.181. The molecule has 0 bridgehead atoms. The molecule has 1 heterocycles. The number of fused-ring (bicyclic) bond motifs is 1. The maximum Gasteiger partial charge on any atom is 0.161 e. The molecule has 4 nitrogen and oxygen atoms in total.